The Kier molecular flexibility index (Phi) is 5.41. The van der Waals surface area contributed by atoms with Gasteiger partial charge in [-0.2, -0.15) is 0 Å². The molecule has 0 spiro atoms. The molecule has 0 amide bonds. The fourth-order valence-electron chi connectivity index (χ4n) is 3.49. The van der Waals surface area contributed by atoms with Crippen molar-refractivity contribution >= 4 is 16.7 Å². The van der Waals surface area contributed by atoms with E-state index in [1.165, 1.54) is 0 Å². The number of ether oxygens (including phenoxy) is 1. The molecule has 2 aromatic rings. The number of hydrogen-bond donors (Lipinski definition) is 1. The minimum atomic E-state index is -0.585. The van der Waals surface area contributed by atoms with Crippen molar-refractivity contribution in [2.45, 2.75) is 61.5 Å². The average molecular weight is 357 g/mol. The fourth-order valence-corrected chi connectivity index (χ4v) is 3.49. The van der Waals surface area contributed by atoms with E-state index in [0.29, 0.717) is 0 Å². The molecular formula is C23H32O3. The number of rotatable bonds is 4. The van der Waals surface area contributed by atoms with Crippen LogP contribution in [-0.4, -0.2) is 11.1 Å². The Balaban J connectivity index is 2.28. The average Bonchev–Trinajstić information content (AvgIpc) is 2.50. The minimum Gasteiger partial charge on any atom is -0.507 e. The van der Waals surface area contributed by atoms with Crippen molar-refractivity contribution in [1.82, 2.24) is 0 Å². The molecule has 0 aromatic heterocycles. The van der Waals surface area contributed by atoms with Crippen LogP contribution in [0.1, 0.15) is 60.5 Å². The first kappa shape index (κ1) is 20.3. The van der Waals surface area contributed by atoms with Crippen LogP contribution < -0.4 is 0 Å². The van der Waals surface area contributed by atoms with Crippen molar-refractivity contribution in [1.29, 1.82) is 0 Å². The molecule has 0 aliphatic rings. The normalized spacial score (nSPS) is 14.9. The maximum atomic E-state index is 13.1. The first-order valence-electron chi connectivity index (χ1n) is 9.22. The van der Waals surface area contributed by atoms with E-state index >= 15 is 0 Å². The summed E-state index contributed by atoms with van der Waals surface area (Å²) in [6.07, 6.45) is 0.749. The molecule has 3 heteroatoms. The predicted molar refractivity (Wildman–Crippen MR) is 107 cm³/mol. The Bertz CT molecular complexity index is 793. The van der Waals surface area contributed by atoms with Crippen LogP contribution in [0.5, 0.6) is 5.75 Å². The summed E-state index contributed by atoms with van der Waals surface area (Å²) < 4.78 is 5.79. The summed E-state index contributed by atoms with van der Waals surface area (Å²) in [6.45, 7) is 14.9. The van der Waals surface area contributed by atoms with Gasteiger partial charge in [0.1, 0.15) is 12.4 Å². The van der Waals surface area contributed by atoms with E-state index in [-0.39, 0.29) is 29.2 Å². The highest BCUT2D eigenvalue weighted by molar-refractivity contribution is 5.90. The molecule has 0 saturated heterocycles. The predicted octanol–water partition coefficient (Wildman–Crippen LogP) is 6.08. The minimum absolute atomic E-state index is 0.0201. The lowest BCUT2D eigenvalue weighted by atomic mass is 9.61. The lowest BCUT2D eigenvalue weighted by Crippen LogP contribution is -2.44. The number of benzene rings is 2. The van der Waals surface area contributed by atoms with Crippen LogP contribution in [0.2, 0.25) is 0 Å². The molecule has 2 aromatic carbocycles. The van der Waals surface area contributed by atoms with E-state index in [9.17, 15) is 9.90 Å². The molecule has 3 nitrogen and oxygen atoms in total. The number of phenols is 1. The van der Waals surface area contributed by atoms with Gasteiger partial charge in [0.05, 0.1) is 5.41 Å². The molecule has 0 radical (unpaired) electrons. The zero-order valence-corrected chi connectivity index (χ0v) is 17.1. The highest BCUT2D eigenvalue weighted by Crippen LogP contribution is 2.47. The van der Waals surface area contributed by atoms with Gasteiger partial charge in [0.2, 0.25) is 0 Å². The Morgan fingerprint density at radius 3 is 2.08 bits per heavy atom. The molecule has 142 valence electrons. The molecular weight excluding hydrogens is 324 g/mol. The fraction of sp³-hybridized carbons (Fsp3) is 0.522. The molecule has 2 rings (SSSR count). The number of aromatic hydroxyl groups is 1. The number of carbonyl (C=O) groups excluding carboxylic acids is 1. The van der Waals surface area contributed by atoms with Crippen LogP contribution in [0.3, 0.4) is 0 Å². The third kappa shape index (κ3) is 4.20. The van der Waals surface area contributed by atoms with E-state index in [2.05, 4.69) is 41.5 Å². The molecule has 26 heavy (non-hydrogen) atoms. The molecule has 0 aliphatic carbocycles. The number of fused-ring (bicyclic) bond motifs is 1. The van der Waals surface area contributed by atoms with Crippen LogP contribution in [-0.2, 0) is 16.1 Å². The summed E-state index contributed by atoms with van der Waals surface area (Å²) in [6, 6.07) is 11.1. The van der Waals surface area contributed by atoms with E-state index in [1.54, 1.807) is 6.07 Å². The smallest absolute Gasteiger partial charge is 0.312 e. The standard InChI is InChI=1S/C23H32O3/c1-21(2,3)15-23(7,22(4,5)6)20(25)26-14-16-10-8-12-18-17(16)11-9-13-19(18)24/h8-13,24H,14-15H2,1-7H3. The van der Waals surface area contributed by atoms with Gasteiger partial charge in [-0.1, -0.05) is 71.9 Å². The first-order valence-corrected chi connectivity index (χ1v) is 9.22. The maximum absolute atomic E-state index is 13.1. The number of esters is 1. The zero-order chi connectivity index (χ0) is 19.8. The van der Waals surface area contributed by atoms with E-state index in [1.807, 2.05) is 37.3 Å². The molecule has 1 unspecified atom stereocenters. The van der Waals surface area contributed by atoms with Gasteiger partial charge in [0.25, 0.3) is 0 Å². The van der Waals surface area contributed by atoms with Crippen molar-refractivity contribution in [3.05, 3.63) is 42.0 Å². The van der Waals surface area contributed by atoms with Gasteiger partial charge in [-0.25, -0.2) is 0 Å². The Labute approximate surface area is 157 Å². The van der Waals surface area contributed by atoms with Crippen LogP contribution in [0.4, 0.5) is 0 Å². The van der Waals surface area contributed by atoms with Crippen LogP contribution in [0.25, 0.3) is 10.8 Å². The van der Waals surface area contributed by atoms with Gasteiger partial charge < -0.3 is 9.84 Å². The van der Waals surface area contributed by atoms with Gasteiger partial charge in [0.15, 0.2) is 0 Å². The third-order valence-electron chi connectivity index (χ3n) is 5.34. The molecule has 1 atom stereocenters. The van der Waals surface area contributed by atoms with Crippen molar-refractivity contribution < 1.29 is 14.6 Å². The van der Waals surface area contributed by atoms with Gasteiger partial charge in [-0.05, 0) is 41.2 Å². The topological polar surface area (TPSA) is 46.5 Å². The maximum Gasteiger partial charge on any atom is 0.312 e. The summed E-state index contributed by atoms with van der Waals surface area (Å²) in [7, 11) is 0. The molecule has 1 N–H and O–H groups in total. The van der Waals surface area contributed by atoms with Crippen LogP contribution >= 0.6 is 0 Å². The van der Waals surface area contributed by atoms with Crippen LogP contribution in [0, 0.1) is 16.2 Å². The van der Waals surface area contributed by atoms with Crippen molar-refractivity contribution in [3.63, 3.8) is 0 Å². The molecule has 0 saturated carbocycles. The van der Waals surface area contributed by atoms with Gasteiger partial charge in [-0.15, -0.1) is 0 Å². The Morgan fingerprint density at radius 2 is 1.50 bits per heavy atom. The van der Waals surface area contributed by atoms with E-state index < -0.39 is 5.41 Å². The second kappa shape index (κ2) is 6.94. The van der Waals surface area contributed by atoms with Crippen molar-refractivity contribution in [3.8, 4) is 5.75 Å². The van der Waals surface area contributed by atoms with E-state index in [0.717, 1.165) is 22.8 Å². The van der Waals surface area contributed by atoms with E-state index in [4.69, 9.17) is 4.74 Å². The molecule has 0 aliphatic heterocycles. The summed E-state index contributed by atoms with van der Waals surface area (Å²) in [4.78, 5) is 13.1. The quantitative estimate of drug-likeness (QED) is 0.676. The highest BCUT2D eigenvalue weighted by atomic mass is 16.5. The zero-order valence-electron chi connectivity index (χ0n) is 17.1. The third-order valence-corrected chi connectivity index (χ3v) is 5.34. The molecule has 0 fully saturated rings. The summed E-state index contributed by atoms with van der Waals surface area (Å²) in [5.41, 5.74) is 0.123. The summed E-state index contributed by atoms with van der Waals surface area (Å²) in [5, 5.41) is 11.7. The van der Waals surface area contributed by atoms with Crippen molar-refractivity contribution in [2.24, 2.45) is 16.2 Å². The highest BCUT2D eigenvalue weighted by Gasteiger charge is 2.47. The monoisotopic (exact) mass is 356 g/mol. The van der Waals surface area contributed by atoms with Gasteiger partial charge in [0, 0.05) is 5.39 Å². The Hall–Kier alpha value is -2.03. The lowest BCUT2D eigenvalue weighted by molar-refractivity contribution is -0.166. The van der Waals surface area contributed by atoms with Gasteiger partial charge >= 0.3 is 5.97 Å². The lowest BCUT2D eigenvalue weighted by Gasteiger charge is -2.43. The SMILES string of the molecule is CC(C)(C)CC(C)(C(=O)OCc1cccc2c(O)cccc12)C(C)(C)C. The number of hydrogen-bond acceptors (Lipinski definition) is 3. The molecule has 0 heterocycles. The first-order chi connectivity index (χ1) is 11.8. The van der Waals surface area contributed by atoms with Gasteiger partial charge in [-0.3, -0.25) is 4.79 Å². The summed E-state index contributed by atoms with van der Waals surface area (Å²) in [5.74, 6) is 0.0695. The van der Waals surface area contributed by atoms with Crippen molar-refractivity contribution in [2.75, 3.05) is 0 Å². The Morgan fingerprint density at radius 1 is 0.923 bits per heavy atom. The second-order valence-corrected chi connectivity index (χ2v) is 9.69. The largest absolute Gasteiger partial charge is 0.507 e. The van der Waals surface area contributed by atoms with Crippen LogP contribution in [0.15, 0.2) is 36.4 Å². The number of phenolic OH excluding ortho intramolecular Hbond substituents is 1. The summed E-state index contributed by atoms with van der Waals surface area (Å²) >= 11 is 0. The number of carbonyl (C=O) groups is 1. The molecule has 0 bridgehead atoms. The second-order valence-electron chi connectivity index (χ2n) is 9.69.